The monoisotopic (exact) mass is 735 g/mol. The summed E-state index contributed by atoms with van der Waals surface area (Å²) < 4.78 is 95.9. The van der Waals surface area contributed by atoms with Gasteiger partial charge >= 0.3 is 5.97 Å². The summed E-state index contributed by atoms with van der Waals surface area (Å²) in [5.41, 5.74) is 2.12. The fourth-order valence-electron chi connectivity index (χ4n) is 4.63. The number of nitrogens with zero attached hydrogens (tertiary/aromatic N) is 3. The first-order valence-electron chi connectivity index (χ1n) is 15.0. The minimum absolute atomic E-state index is 0.00654. The van der Waals surface area contributed by atoms with Crippen LogP contribution in [0.3, 0.4) is 0 Å². The van der Waals surface area contributed by atoms with Gasteiger partial charge in [-0.2, -0.15) is 25.3 Å². The molecule has 1 aromatic carbocycles. The third kappa shape index (κ3) is 15.2. The van der Waals surface area contributed by atoms with Crippen molar-refractivity contribution in [2.24, 2.45) is 4.99 Å². The van der Waals surface area contributed by atoms with Gasteiger partial charge in [0.15, 0.2) is 0 Å². The van der Waals surface area contributed by atoms with E-state index in [-0.39, 0.29) is 50.1 Å². The Morgan fingerprint density at radius 2 is 1.52 bits per heavy atom. The van der Waals surface area contributed by atoms with E-state index in [4.69, 9.17) is 9.39 Å². The van der Waals surface area contributed by atoms with Crippen molar-refractivity contribution in [2.75, 3.05) is 29.5 Å². The molecule has 19 heteroatoms. The van der Waals surface area contributed by atoms with Crippen LogP contribution in [0.15, 0.2) is 52.0 Å². The highest BCUT2D eigenvalue weighted by atomic mass is 32.2. The molecule has 3 N–H and O–H groups in total. The lowest BCUT2D eigenvalue weighted by Gasteiger charge is -2.29. The van der Waals surface area contributed by atoms with Crippen LogP contribution in [0.2, 0.25) is 0 Å². The smallest absolute Gasteiger partial charge is 0.333 e. The number of hydroxylamine groups is 2. The standard InChI is InChI=1S/C29H41N3O13S3/c1-22-21-25(48(42,43)44)13-14-26(22)31(18-8-20-47(39,40)41)24(11-6-9-23(2)30-17-7-19-46(36,37)38)10-4-3-5-12-29(35)45-32-27(33)15-16-28(32)34/h6,9,11,13-14,21H,3-5,7-8,10,12,15-20H2,1-2H3,(H,36,37,38)(H,39,40,41)(H,42,43,44)/b9-6+,24-11+,30-23-. The average Bonchev–Trinajstić information content (AvgIpc) is 3.27. The third-order valence-electron chi connectivity index (χ3n) is 6.95. The minimum Gasteiger partial charge on any atom is -0.345 e. The third-order valence-corrected chi connectivity index (χ3v) is 9.41. The number of unbranched alkanes of at least 4 members (excludes halogenated alkanes) is 2. The van der Waals surface area contributed by atoms with Gasteiger partial charge in [-0.25, -0.2) is 4.79 Å². The summed E-state index contributed by atoms with van der Waals surface area (Å²) in [6.07, 6.45) is 6.79. The van der Waals surface area contributed by atoms with Crippen LogP contribution in [-0.4, -0.2) is 92.1 Å². The Balaban J connectivity index is 2.29. The fraction of sp³-hybridized carbons (Fsp3) is 0.517. The van der Waals surface area contributed by atoms with Crippen LogP contribution in [0.1, 0.15) is 70.3 Å². The average molecular weight is 736 g/mol. The molecule has 0 atom stereocenters. The topological polar surface area (TPSA) is 242 Å². The first-order chi connectivity index (χ1) is 22.3. The quantitative estimate of drug-likeness (QED) is 0.0573. The van der Waals surface area contributed by atoms with Crippen LogP contribution in [0.25, 0.3) is 0 Å². The lowest BCUT2D eigenvalue weighted by molar-refractivity contribution is -0.197. The molecule has 1 aliphatic heterocycles. The van der Waals surface area contributed by atoms with Crippen molar-refractivity contribution < 1.29 is 58.1 Å². The molecule has 1 heterocycles. The minimum atomic E-state index is -4.50. The number of rotatable bonds is 20. The van der Waals surface area contributed by atoms with Gasteiger partial charge in [0, 0.05) is 49.4 Å². The van der Waals surface area contributed by atoms with Gasteiger partial charge in [-0.05, 0) is 81.9 Å². The van der Waals surface area contributed by atoms with Crippen molar-refractivity contribution >= 4 is 59.5 Å². The Kier molecular flexibility index (Phi) is 15.5. The van der Waals surface area contributed by atoms with Crippen LogP contribution < -0.4 is 4.90 Å². The van der Waals surface area contributed by atoms with E-state index >= 15 is 0 Å². The molecule has 16 nitrogen and oxygen atoms in total. The molecule has 2 amide bonds. The molecule has 1 aromatic rings. The predicted octanol–water partition coefficient (Wildman–Crippen LogP) is 3.06. The number of amides is 2. The van der Waals surface area contributed by atoms with Gasteiger partial charge in [-0.15, -0.1) is 5.06 Å². The van der Waals surface area contributed by atoms with Crippen LogP contribution in [0, 0.1) is 6.92 Å². The maximum Gasteiger partial charge on any atom is 0.333 e. The van der Waals surface area contributed by atoms with Crippen molar-refractivity contribution in [1.29, 1.82) is 0 Å². The Hall–Kier alpha value is -3.49. The molecular weight excluding hydrogens is 695 g/mol. The molecule has 0 aromatic heterocycles. The van der Waals surface area contributed by atoms with Gasteiger partial charge < -0.3 is 9.74 Å². The van der Waals surface area contributed by atoms with Crippen LogP contribution >= 0.6 is 0 Å². The number of hydrogen-bond donors (Lipinski definition) is 3. The normalized spacial score (nSPS) is 15.1. The second kappa shape index (κ2) is 18.3. The lowest BCUT2D eigenvalue weighted by Crippen LogP contribution is -2.31. The largest absolute Gasteiger partial charge is 0.345 e. The molecular formula is C29H41N3O13S3. The van der Waals surface area contributed by atoms with Crippen molar-refractivity contribution in [3.05, 3.63) is 47.7 Å². The summed E-state index contributed by atoms with van der Waals surface area (Å²) in [5.74, 6) is -2.87. The molecule has 0 bridgehead atoms. The number of benzene rings is 1. The number of hydrogen-bond acceptors (Lipinski definition) is 12. The number of aryl methyl sites for hydroxylation is 1. The SMILES string of the molecule is CC(/C=C/C=C(\CCCCCC(=O)ON1C(=O)CCC1=O)N(CCCS(=O)(=O)O)c1ccc(S(=O)(=O)O)cc1C)=N/CCCS(=O)(=O)O. The van der Waals surface area contributed by atoms with E-state index in [2.05, 4.69) is 4.99 Å². The zero-order chi connectivity index (χ0) is 36.1. The second-order valence-electron chi connectivity index (χ2n) is 11.0. The fourth-order valence-corrected chi connectivity index (χ4v) is 6.19. The Labute approximate surface area is 280 Å². The predicted molar refractivity (Wildman–Crippen MR) is 176 cm³/mol. The van der Waals surface area contributed by atoms with Gasteiger partial charge in [-0.3, -0.25) is 28.2 Å². The van der Waals surface area contributed by atoms with Crippen molar-refractivity contribution in [3.63, 3.8) is 0 Å². The zero-order valence-corrected chi connectivity index (χ0v) is 29.1. The van der Waals surface area contributed by atoms with Crippen LogP contribution in [-0.2, 0) is 49.6 Å². The van der Waals surface area contributed by atoms with Crippen molar-refractivity contribution in [1.82, 2.24) is 5.06 Å². The van der Waals surface area contributed by atoms with Crippen LogP contribution in [0.4, 0.5) is 5.69 Å². The molecule has 0 aliphatic carbocycles. The molecule has 0 spiro atoms. The van der Waals surface area contributed by atoms with Gasteiger partial charge in [0.25, 0.3) is 42.2 Å². The number of imide groups is 1. The highest BCUT2D eigenvalue weighted by Crippen LogP contribution is 2.29. The van der Waals surface area contributed by atoms with Gasteiger partial charge in [0.1, 0.15) is 0 Å². The number of aliphatic imine (C=N–C) groups is 1. The maximum atomic E-state index is 12.2. The van der Waals surface area contributed by atoms with Crippen molar-refractivity contribution in [3.8, 4) is 0 Å². The van der Waals surface area contributed by atoms with Crippen LogP contribution in [0.5, 0.6) is 0 Å². The Bertz CT molecular complexity index is 1730. The zero-order valence-electron chi connectivity index (χ0n) is 26.6. The molecule has 0 radical (unpaired) electrons. The summed E-state index contributed by atoms with van der Waals surface area (Å²) >= 11 is 0. The molecule has 1 saturated heterocycles. The van der Waals surface area contributed by atoms with Crippen molar-refractivity contribution in [2.45, 2.75) is 76.5 Å². The Morgan fingerprint density at radius 3 is 2.10 bits per heavy atom. The number of allylic oxidation sites excluding steroid dienone is 4. The molecule has 2 rings (SSSR count). The first kappa shape index (κ1) is 40.7. The van der Waals surface area contributed by atoms with Gasteiger partial charge in [0.2, 0.25) is 0 Å². The molecule has 0 saturated carbocycles. The number of carbonyl (C=O) groups excluding carboxylic acids is 3. The number of carbonyl (C=O) groups is 3. The summed E-state index contributed by atoms with van der Waals surface area (Å²) in [5, 5.41) is 0.482. The van der Waals surface area contributed by atoms with E-state index in [1.807, 2.05) is 0 Å². The van der Waals surface area contributed by atoms with E-state index in [9.17, 15) is 48.7 Å². The molecule has 1 fully saturated rings. The molecule has 0 unspecified atom stereocenters. The summed E-state index contributed by atoms with van der Waals surface area (Å²) in [4.78, 5) is 46.1. The second-order valence-corrected chi connectivity index (χ2v) is 15.6. The first-order valence-corrected chi connectivity index (χ1v) is 19.6. The summed E-state index contributed by atoms with van der Waals surface area (Å²) in [6, 6.07) is 3.92. The van der Waals surface area contributed by atoms with E-state index in [0.717, 1.165) is 0 Å². The van der Waals surface area contributed by atoms with E-state index in [0.29, 0.717) is 53.4 Å². The van der Waals surface area contributed by atoms with Gasteiger partial charge in [-0.1, -0.05) is 12.5 Å². The number of anilines is 1. The highest BCUT2D eigenvalue weighted by Gasteiger charge is 2.32. The maximum absolute atomic E-state index is 12.2. The lowest BCUT2D eigenvalue weighted by atomic mass is 10.1. The van der Waals surface area contributed by atoms with E-state index < -0.39 is 59.6 Å². The highest BCUT2D eigenvalue weighted by molar-refractivity contribution is 7.86. The molecule has 48 heavy (non-hydrogen) atoms. The summed E-state index contributed by atoms with van der Waals surface area (Å²) in [7, 11) is -12.9. The van der Waals surface area contributed by atoms with E-state index in [1.165, 1.54) is 18.2 Å². The van der Waals surface area contributed by atoms with E-state index in [1.54, 1.807) is 37.0 Å². The molecule has 1 aliphatic rings. The summed E-state index contributed by atoms with van der Waals surface area (Å²) in [6.45, 7) is 3.52. The van der Waals surface area contributed by atoms with Gasteiger partial charge in [0.05, 0.1) is 16.4 Å². The Morgan fingerprint density at radius 1 is 0.917 bits per heavy atom. The molecule has 268 valence electrons.